The number of hydrogen-bond acceptors (Lipinski definition) is 3. The van der Waals surface area contributed by atoms with Crippen LogP contribution >= 0.6 is 15.9 Å². The first-order valence-electron chi connectivity index (χ1n) is 7.21. The minimum absolute atomic E-state index is 0.0417. The predicted octanol–water partition coefficient (Wildman–Crippen LogP) is 4.34. The molecule has 2 rings (SSSR count). The van der Waals surface area contributed by atoms with E-state index in [1.807, 2.05) is 20.8 Å². The standard InChI is InChI=1S/C12H13BrO2.C5H12O/c13-11-3-1-9(2-4-11)10-7-12(8-10)15-6-5-14;1-5(2,3)6-4/h1-5,10,12H,6-8H2;1-4H3. The molecule has 3 nitrogen and oxygen atoms in total. The highest BCUT2D eigenvalue weighted by Crippen LogP contribution is 2.38. The molecule has 0 heterocycles. The number of methoxy groups -OCH3 is 1. The highest BCUT2D eigenvalue weighted by Gasteiger charge is 2.30. The van der Waals surface area contributed by atoms with E-state index in [0.29, 0.717) is 5.92 Å². The monoisotopic (exact) mass is 356 g/mol. The molecule has 1 aromatic carbocycles. The molecule has 0 aliphatic heterocycles. The van der Waals surface area contributed by atoms with Crippen molar-refractivity contribution < 1.29 is 14.3 Å². The van der Waals surface area contributed by atoms with E-state index in [0.717, 1.165) is 23.6 Å². The molecule has 0 atom stereocenters. The van der Waals surface area contributed by atoms with Crippen molar-refractivity contribution in [3.8, 4) is 0 Å². The van der Waals surface area contributed by atoms with Gasteiger partial charge in [-0.15, -0.1) is 0 Å². The van der Waals surface area contributed by atoms with Crippen molar-refractivity contribution in [3.63, 3.8) is 0 Å². The molecule has 0 saturated heterocycles. The van der Waals surface area contributed by atoms with Gasteiger partial charge in [0.2, 0.25) is 0 Å². The van der Waals surface area contributed by atoms with Gasteiger partial charge in [0.05, 0.1) is 11.7 Å². The number of carbonyl (C=O) groups is 1. The molecule has 4 heteroatoms. The summed E-state index contributed by atoms with van der Waals surface area (Å²) < 4.78 is 11.4. The second-order valence-electron chi connectivity index (χ2n) is 6.16. The number of carbonyl (C=O) groups excluding carboxylic acids is 1. The Morgan fingerprint density at radius 3 is 2.19 bits per heavy atom. The van der Waals surface area contributed by atoms with Crippen molar-refractivity contribution in [3.05, 3.63) is 34.3 Å². The smallest absolute Gasteiger partial charge is 0.145 e. The molecule has 0 aromatic heterocycles. The largest absolute Gasteiger partial charge is 0.379 e. The minimum atomic E-state index is 0.0417. The van der Waals surface area contributed by atoms with Gasteiger partial charge in [-0.1, -0.05) is 28.1 Å². The van der Waals surface area contributed by atoms with Crippen LogP contribution < -0.4 is 0 Å². The van der Waals surface area contributed by atoms with E-state index in [9.17, 15) is 4.79 Å². The summed E-state index contributed by atoms with van der Waals surface area (Å²) in [6.45, 7) is 6.30. The van der Waals surface area contributed by atoms with Crippen LogP contribution in [0.15, 0.2) is 28.7 Å². The first-order valence-corrected chi connectivity index (χ1v) is 8.01. The molecule has 0 radical (unpaired) electrons. The summed E-state index contributed by atoms with van der Waals surface area (Å²) >= 11 is 3.42. The number of aldehydes is 1. The van der Waals surface area contributed by atoms with Gasteiger partial charge in [0.25, 0.3) is 0 Å². The van der Waals surface area contributed by atoms with Gasteiger partial charge in [-0.25, -0.2) is 0 Å². The van der Waals surface area contributed by atoms with Gasteiger partial charge in [0, 0.05) is 11.6 Å². The first-order chi connectivity index (χ1) is 9.85. The lowest BCUT2D eigenvalue weighted by Crippen LogP contribution is -2.30. The van der Waals surface area contributed by atoms with Gasteiger partial charge in [0.1, 0.15) is 12.9 Å². The molecule has 0 spiro atoms. The molecule has 0 unspecified atom stereocenters. The lowest BCUT2D eigenvalue weighted by Gasteiger charge is -2.35. The van der Waals surface area contributed by atoms with E-state index in [-0.39, 0.29) is 18.3 Å². The number of hydrogen-bond donors (Lipinski definition) is 0. The van der Waals surface area contributed by atoms with E-state index in [1.54, 1.807) is 7.11 Å². The number of rotatable bonds is 4. The molecule has 1 aliphatic rings. The van der Waals surface area contributed by atoms with Crippen molar-refractivity contribution in [2.75, 3.05) is 13.7 Å². The molecule has 1 fully saturated rings. The second kappa shape index (κ2) is 8.66. The van der Waals surface area contributed by atoms with E-state index < -0.39 is 0 Å². The van der Waals surface area contributed by atoms with Crippen LogP contribution in [0.5, 0.6) is 0 Å². The van der Waals surface area contributed by atoms with E-state index in [4.69, 9.17) is 9.47 Å². The van der Waals surface area contributed by atoms with Gasteiger partial charge in [-0.05, 0) is 57.2 Å². The van der Waals surface area contributed by atoms with Crippen LogP contribution in [0.25, 0.3) is 0 Å². The highest BCUT2D eigenvalue weighted by atomic mass is 79.9. The zero-order chi connectivity index (χ0) is 15.9. The van der Waals surface area contributed by atoms with Gasteiger partial charge in [0.15, 0.2) is 0 Å². The summed E-state index contributed by atoms with van der Waals surface area (Å²) in [6, 6.07) is 8.42. The Balaban J connectivity index is 0.000000315. The third-order valence-corrected chi connectivity index (χ3v) is 3.98. The summed E-state index contributed by atoms with van der Waals surface area (Å²) in [5.74, 6) is 0.606. The van der Waals surface area contributed by atoms with Gasteiger partial charge < -0.3 is 14.3 Å². The lowest BCUT2D eigenvalue weighted by molar-refractivity contribution is -0.116. The number of halogens is 1. The van der Waals surface area contributed by atoms with Crippen LogP contribution in [0, 0.1) is 0 Å². The average molecular weight is 357 g/mol. The Labute approximate surface area is 136 Å². The zero-order valence-electron chi connectivity index (χ0n) is 13.3. The molecule has 1 saturated carbocycles. The number of ether oxygens (including phenoxy) is 2. The van der Waals surface area contributed by atoms with Crippen LogP contribution in [-0.4, -0.2) is 31.7 Å². The van der Waals surface area contributed by atoms with Crippen LogP contribution in [0.4, 0.5) is 0 Å². The zero-order valence-corrected chi connectivity index (χ0v) is 14.9. The van der Waals surface area contributed by atoms with Crippen molar-refractivity contribution >= 4 is 22.2 Å². The van der Waals surface area contributed by atoms with Crippen molar-refractivity contribution in [1.29, 1.82) is 0 Å². The van der Waals surface area contributed by atoms with E-state index >= 15 is 0 Å². The summed E-state index contributed by atoms with van der Waals surface area (Å²) in [7, 11) is 1.71. The summed E-state index contributed by atoms with van der Waals surface area (Å²) in [5, 5.41) is 0. The van der Waals surface area contributed by atoms with Crippen molar-refractivity contribution in [2.24, 2.45) is 0 Å². The van der Waals surface area contributed by atoms with Crippen LogP contribution in [0.1, 0.15) is 45.1 Å². The van der Waals surface area contributed by atoms with Gasteiger partial charge in [-0.2, -0.15) is 0 Å². The fourth-order valence-corrected chi connectivity index (χ4v) is 2.15. The van der Waals surface area contributed by atoms with E-state index in [2.05, 4.69) is 40.2 Å². The van der Waals surface area contributed by atoms with Crippen molar-refractivity contribution in [2.45, 2.75) is 51.2 Å². The maximum absolute atomic E-state index is 10.1. The Hall–Kier alpha value is -0.710. The van der Waals surface area contributed by atoms with Crippen LogP contribution in [-0.2, 0) is 14.3 Å². The molecular weight excluding hydrogens is 332 g/mol. The third kappa shape index (κ3) is 7.21. The highest BCUT2D eigenvalue weighted by molar-refractivity contribution is 9.10. The lowest BCUT2D eigenvalue weighted by atomic mass is 9.77. The summed E-state index contributed by atoms with van der Waals surface area (Å²) in [4.78, 5) is 10.1. The number of benzene rings is 1. The normalized spacial score (nSPS) is 21.0. The maximum atomic E-state index is 10.1. The Morgan fingerprint density at radius 1 is 1.24 bits per heavy atom. The Bertz CT molecular complexity index is 417. The van der Waals surface area contributed by atoms with Gasteiger partial charge >= 0.3 is 0 Å². The second-order valence-corrected chi connectivity index (χ2v) is 7.07. The van der Waals surface area contributed by atoms with Crippen LogP contribution in [0.3, 0.4) is 0 Å². The third-order valence-electron chi connectivity index (χ3n) is 3.45. The summed E-state index contributed by atoms with van der Waals surface area (Å²) in [6.07, 6.45) is 3.17. The van der Waals surface area contributed by atoms with Crippen LogP contribution in [0.2, 0.25) is 0 Å². The van der Waals surface area contributed by atoms with Crippen molar-refractivity contribution in [1.82, 2.24) is 0 Å². The molecule has 0 bridgehead atoms. The molecule has 118 valence electrons. The maximum Gasteiger partial charge on any atom is 0.145 e. The molecule has 21 heavy (non-hydrogen) atoms. The Kier molecular flexibility index (Phi) is 7.57. The topological polar surface area (TPSA) is 35.5 Å². The van der Waals surface area contributed by atoms with Gasteiger partial charge in [-0.3, -0.25) is 0 Å². The molecule has 0 N–H and O–H groups in total. The van der Waals surface area contributed by atoms with E-state index in [1.165, 1.54) is 5.56 Å². The SMILES string of the molecule is COC(C)(C)C.O=CCOC1CC(c2ccc(Br)cc2)C1. The molecule has 1 aromatic rings. The average Bonchev–Trinajstić information content (AvgIpc) is 2.39. The first kappa shape index (κ1) is 18.3. The molecular formula is C17H25BrO3. The minimum Gasteiger partial charge on any atom is -0.379 e. The quantitative estimate of drug-likeness (QED) is 0.752. The molecule has 1 aliphatic carbocycles. The fourth-order valence-electron chi connectivity index (χ4n) is 1.88. The molecule has 0 amide bonds. The fraction of sp³-hybridized carbons (Fsp3) is 0.588. The summed E-state index contributed by atoms with van der Waals surface area (Å²) in [5.41, 5.74) is 1.41. The predicted molar refractivity (Wildman–Crippen MR) is 88.7 cm³/mol. The Morgan fingerprint density at radius 2 is 1.76 bits per heavy atom.